The molecule has 4 nitrogen and oxygen atoms in total. The summed E-state index contributed by atoms with van der Waals surface area (Å²) in [7, 11) is 0. The van der Waals surface area contributed by atoms with E-state index in [-0.39, 0.29) is 0 Å². The summed E-state index contributed by atoms with van der Waals surface area (Å²) in [5.74, 6) is 0.831. The smallest absolute Gasteiger partial charge is 0.182 e. The van der Waals surface area contributed by atoms with Gasteiger partial charge in [0.15, 0.2) is 6.73 Å². The van der Waals surface area contributed by atoms with Gasteiger partial charge in [-0.15, -0.1) is 0 Å². The second-order valence-corrected chi connectivity index (χ2v) is 2.52. The maximum atomic E-state index is 5.41. The Morgan fingerprint density at radius 1 is 1.23 bits per heavy atom. The van der Waals surface area contributed by atoms with Crippen LogP contribution in [0.15, 0.2) is 43.0 Å². The summed E-state index contributed by atoms with van der Waals surface area (Å²) in [4.78, 5) is 3.81. The van der Waals surface area contributed by atoms with Crippen molar-refractivity contribution >= 4 is 0 Å². The molecule has 0 fully saturated rings. The highest BCUT2D eigenvalue weighted by molar-refractivity contribution is 5.20. The van der Waals surface area contributed by atoms with Crippen LogP contribution < -0.4 is 4.74 Å². The second kappa shape index (κ2) is 3.71. The monoisotopic (exact) mass is 175 g/mol. The molecule has 0 amide bonds. The summed E-state index contributed by atoms with van der Waals surface area (Å²) < 4.78 is 7.03. The highest BCUT2D eigenvalue weighted by Gasteiger charge is 1.92. The Hall–Kier alpha value is -1.84. The van der Waals surface area contributed by atoms with Gasteiger partial charge in [0, 0.05) is 0 Å². The molecule has 0 aliphatic rings. The highest BCUT2D eigenvalue weighted by atomic mass is 16.5. The average molecular weight is 175 g/mol. The van der Waals surface area contributed by atoms with Gasteiger partial charge in [-0.3, -0.25) is 0 Å². The first kappa shape index (κ1) is 7.79. The topological polar surface area (TPSA) is 39.9 Å². The van der Waals surface area contributed by atoms with Crippen LogP contribution in [0.3, 0.4) is 0 Å². The van der Waals surface area contributed by atoms with E-state index in [2.05, 4.69) is 10.1 Å². The van der Waals surface area contributed by atoms with E-state index in [1.807, 2.05) is 30.3 Å². The molecule has 0 spiro atoms. The molecule has 0 saturated heterocycles. The summed E-state index contributed by atoms with van der Waals surface area (Å²) in [5.41, 5.74) is 0. The van der Waals surface area contributed by atoms with Crippen LogP contribution in [-0.2, 0) is 6.73 Å². The molecule has 0 bridgehead atoms. The van der Waals surface area contributed by atoms with E-state index in [9.17, 15) is 0 Å². The molecular weight excluding hydrogens is 166 g/mol. The van der Waals surface area contributed by atoms with E-state index in [0.717, 1.165) is 5.75 Å². The van der Waals surface area contributed by atoms with E-state index in [1.165, 1.54) is 6.33 Å². The lowest BCUT2D eigenvalue weighted by Crippen LogP contribution is -2.04. The summed E-state index contributed by atoms with van der Waals surface area (Å²) in [6.45, 7) is 0.393. The van der Waals surface area contributed by atoms with Crippen molar-refractivity contribution < 1.29 is 4.74 Å². The summed E-state index contributed by atoms with van der Waals surface area (Å²) in [6.07, 6.45) is 3.09. The van der Waals surface area contributed by atoms with Crippen LogP contribution in [0, 0.1) is 0 Å². The molecular formula is C9H9N3O. The Morgan fingerprint density at radius 2 is 2.08 bits per heavy atom. The largest absolute Gasteiger partial charge is 0.471 e. The van der Waals surface area contributed by atoms with Crippen molar-refractivity contribution in [1.29, 1.82) is 0 Å². The van der Waals surface area contributed by atoms with Crippen LogP contribution in [0.2, 0.25) is 0 Å². The molecule has 13 heavy (non-hydrogen) atoms. The zero-order chi connectivity index (χ0) is 8.93. The SMILES string of the molecule is c1ccc(OCn2cncn2)cc1. The average Bonchev–Trinajstić information content (AvgIpc) is 2.69. The first-order valence-electron chi connectivity index (χ1n) is 3.95. The lowest BCUT2D eigenvalue weighted by molar-refractivity contribution is 0.220. The molecule has 1 heterocycles. The molecule has 66 valence electrons. The molecule has 0 aliphatic heterocycles. The van der Waals surface area contributed by atoms with Gasteiger partial charge >= 0.3 is 0 Å². The van der Waals surface area contributed by atoms with Crippen molar-refractivity contribution in [3.63, 3.8) is 0 Å². The van der Waals surface area contributed by atoms with E-state index >= 15 is 0 Å². The lowest BCUT2D eigenvalue weighted by atomic mass is 10.3. The van der Waals surface area contributed by atoms with Gasteiger partial charge in [0.1, 0.15) is 18.4 Å². The first-order chi connectivity index (χ1) is 6.45. The Morgan fingerprint density at radius 3 is 2.77 bits per heavy atom. The molecule has 1 aromatic carbocycles. The number of benzene rings is 1. The molecule has 2 aromatic rings. The maximum Gasteiger partial charge on any atom is 0.182 e. The zero-order valence-corrected chi connectivity index (χ0v) is 7.00. The van der Waals surface area contributed by atoms with Gasteiger partial charge < -0.3 is 4.74 Å². The number of para-hydroxylation sites is 1. The van der Waals surface area contributed by atoms with Crippen LogP contribution in [-0.4, -0.2) is 14.8 Å². The third kappa shape index (κ3) is 2.05. The fourth-order valence-corrected chi connectivity index (χ4v) is 0.957. The van der Waals surface area contributed by atoms with Gasteiger partial charge in [-0.1, -0.05) is 18.2 Å². The second-order valence-electron chi connectivity index (χ2n) is 2.52. The minimum Gasteiger partial charge on any atom is -0.471 e. The Bertz CT molecular complexity index is 344. The Kier molecular flexibility index (Phi) is 2.22. The molecule has 0 radical (unpaired) electrons. The fraction of sp³-hybridized carbons (Fsp3) is 0.111. The predicted molar refractivity (Wildman–Crippen MR) is 47.1 cm³/mol. The molecule has 0 aliphatic carbocycles. The van der Waals surface area contributed by atoms with Gasteiger partial charge in [0.05, 0.1) is 0 Å². The first-order valence-corrected chi connectivity index (χ1v) is 3.95. The normalized spacial score (nSPS) is 9.85. The number of ether oxygens (including phenoxy) is 1. The number of hydrogen-bond acceptors (Lipinski definition) is 3. The minimum atomic E-state index is 0.393. The van der Waals surface area contributed by atoms with Gasteiger partial charge in [-0.25, -0.2) is 9.67 Å². The Labute approximate surface area is 75.8 Å². The van der Waals surface area contributed by atoms with Crippen LogP contribution in [0.4, 0.5) is 0 Å². The predicted octanol–water partition coefficient (Wildman–Crippen LogP) is 1.31. The fourth-order valence-electron chi connectivity index (χ4n) is 0.957. The molecule has 1 aromatic heterocycles. The van der Waals surface area contributed by atoms with Crippen molar-refractivity contribution in [2.24, 2.45) is 0 Å². The summed E-state index contributed by atoms with van der Waals surface area (Å²) >= 11 is 0. The van der Waals surface area contributed by atoms with E-state index in [1.54, 1.807) is 11.0 Å². The third-order valence-corrected chi connectivity index (χ3v) is 1.57. The van der Waals surface area contributed by atoms with Crippen molar-refractivity contribution in [2.75, 3.05) is 0 Å². The standard InChI is InChI=1S/C9H9N3O/c1-2-4-9(5-3-1)13-8-12-7-10-6-11-12/h1-7H,8H2. The number of rotatable bonds is 3. The molecule has 0 saturated carbocycles. The maximum absolute atomic E-state index is 5.41. The third-order valence-electron chi connectivity index (χ3n) is 1.57. The molecule has 0 unspecified atom stereocenters. The number of aromatic nitrogens is 3. The molecule has 0 N–H and O–H groups in total. The van der Waals surface area contributed by atoms with E-state index in [0.29, 0.717) is 6.73 Å². The van der Waals surface area contributed by atoms with Crippen LogP contribution in [0.25, 0.3) is 0 Å². The molecule has 0 atom stereocenters. The zero-order valence-electron chi connectivity index (χ0n) is 7.00. The van der Waals surface area contributed by atoms with Gasteiger partial charge in [-0.2, -0.15) is 5.10 Å². The van der Waals surface area contributed by atoms with Crippen LogP contribution in [0.5, 0.6) is 5.75 Å². The quantitative estimate of drug-likeness (QED) is 0.706. The summed E-state index contributed by atoms with van der Waals surface area (Å²) in [5, 5.41) is 3.91. The van der Waals surface area contributed by atoms with Crippen LogP contribution in [0.1, 0.15) is 0 Å². The molecule has 2 rings (SSSR count). The number of nitrogens with zero attached hydrogens (tertiary/aromatic N) is 3. The molecule has 4 heteroatoms. The van der Waals surface area contributed by atoms with Crippen molar-refractivity contribution in [3.8, 4) is 5.75 Å². The number of hydrogen-bond donors (Lipinski definition) is 0. The highest BCUT2D eigenvalue weighted by Crippen LogP contribution is 2.08. The van der Waals surface area contributed by atoms with Gasteiger partial charge in [-0.05, 0) is 12.1 Å². The van der Waals surface area contributed by atoms with E-state index < -0.39 is 0 Å². The van der Waals surface area contributed by atoms with Crippen molar-refractivity contribution in [2.45, 2.75) is 6.73 Å². The lowest BCUT2D eigenvalue weighted by Gasteiger charge is -2.04. The summed E-state index contributed by atoms with van der Waals surface area (Å²) in [6, 6.07) is 9.60. The van der Waals surface area contributed by atoms with Gasteiger partial charge in [0.2, 0.25) is 0 Å². The van der Waals surface area contributed by atoms with Crippen molar-refractivity contribution in [1.82, 2.24) is 14.8 Å². The van der Waals surface area contributed by atoms with Crippen LogP contribution >= 0.6 is 0 Å². The minimum absolute atomic E-state index is 0.393. The van der Waals surface area contributed by atoms with Crippen molar-refractivity contribution in [3.05, 3.63) is 43.0 Å². The van der Waals surface area contributed by atoms with E-state index in [4.69, 9.17) is 4.74 Å². The van der Waals surface area contributed by atoms with Gasteiger partial charge in [0.25, 0.3) is 0 Å². The Balaban J connectivity index is 1.94.